The quantitative estimate of drug-likeness (QED) is 0.825. The molecule has 2 atom stereocenters. The van der Waals surface area contributed by atoms with Gasteiger partial charge >= 0.3 is 5.97 Å². The number of aromatic carboxylic acids is 1. The summed E-state index contributed by atoms with van der Waals surface area (Å²) in [6.07, 6.45) is 6.41. The van der Waals surface area contributed by atoms with Gasteiger partial charge in [-0.25, -0.2) is 4.79 Å². The molecule has 0 radical (unpaired) electrons. The fourth-order valence-electron chi connectivity index (χ4n) is 3.48. The minimum atomic E-state index is -0.862. The van der Waals surface area contributed by atoms with E-state index in [2.05, 4.69) is 19.2 Å². The zero-order chi connectivity index (χ0) is 15.4. The molecule has 21 heavy (non-hydrogen) atoms. The summed E-state index contributed by atoms with van der Waals surface area (Å²) in [5.74, 6) is 0.736. The average Bonchev–Trinajstić information content (AvgIpc) is 2.40. The Kier molecular flexibility index (Phi) is 5.27. The number of rotatable bonds is 5. The van der Waals surface area contributed by atoms with E-state index in [4.69, 9.17) is 5.11 Å². The Labute approximate surface area is 127 Å². The fourth-order valence-corrected chi connectivity index (χ4v) is 3.48. The molecule has 0 amide bonds. The first-order chi connectivity index (χ1) is 9.95. The summed E-state index contributed by atoms with van der Waals surface area (Å²) >= 11 is 0. The van der Waals surface area contributed by atoms with E-state index in [0.29, 0.717) is 11.6 Å². The zero-order valence-electron chi connectivity index (χ0n) is 13.4. The van der Waals surface area contributed by atoms with Crippen molar-refractivity contribution >= 4 is 11.7 Å². The van der Waals surface area contributed by atoms with Crippen LogP contribution in [-0.2, 0) is 0 Å². The average molecular weight is 289 g/mol. The highest BCUT2D eigenvalue weighted by Crippen LogP contribution is 2.31. The third-order valence-electron chi connectivity index (χ3n) is 4.42. The highest BCUT2D eigenvalue weighted by molar-refractivity contribution is 5.88. The molecule has 2 rings (SSSR count). The van der Waals surface area contributed by atoms with Crippen molar-refractivity contribution in [3.05, 3.63) is 29.3 Å². The number of benzene rings is 1. The van der Waals surface area contributed by atoms with Gasteiger partial charge in [0.2, 0.25) is 0 Å². The van der Waals surface area contributed by atoms with Gasteiger partial charge < -0.3 is 10.4 Å². The maximum Gasteiger partial charge on any atom is 0.335 e. The summed E-state index contributed by atoms with van der Waals surface area (Å²) in [4.78, 5) is 11.0. The molecule has 1 fully saturated rings. The Balaban J connectivity index is 1.99. The minimum Gasteiger partial charge on any atom is -0.478 e. The van der Waals surface area contributed by atoms with Crippen LogP contribution < -0.4 is 5.32 Å². The van der Waals surface area contributed by atoms with Crippen LogP contribution in [0.25, 0.3) is 0 Å². The van der Waals surface area contributed by atoms with E-state index in [1.807, 2.05) is 13.0 Å². The normalized spacial score (nSPS) is 22.3. The van der Waals surface area contributed by atoms with E-state index < -0.39 is 5.97 Å². The van der Waals surface area contributed by atoms with Crippen molar-refractivity contribution in [3.8, 4) is 0 Å². The predicted molar refractivity (Wildman–Crippen MR) is 87.0 cm³/mol. The second-order valence-corrected chi connectivity index (χ2v) is 6.84. The minimum absolute atomic E-state index is 0.361. The van der Waals surface area contributed by atoms with Crippen LogP contribution in [0.1, 0.15) is 61.9 Å². The van der Waals surface area contributed by atoms with E-state index in [1.165, 1.54) is 32.1 Å². The van der Waals surface area contributed by atoms with Gasteiger partial charge in [0.05, 0.1) is 5.56 Å². The van der Waals surface area contributed by atoms with Gasteiger partial charge in [-0.1, -0.05) is 26.7 Å². The summed E-state index contributed by atoms with van der Waals surface area (Å²) in [6.45, 7) is 6.57. The van der Waals surface area contributed by atoms with Crippen molar-refractivity contribution in [1.82, 2.24) is 0 Å². The lowest BCUT2D eigenvalue weighted by Gasteiger charge is -2.31. The van der Waals surface area contributed by atoms with Gasteiger partial charge in [0, 0.05) is 11.7 Å². The molecular formula is C18H27NO2. The van der Waals surface area contributed by atoms with E-state index in [0.717, 1.165) is 23.1 Å². The number of carboxylic acids is 1. The fraction of sp³-hybridized carbons (Fsp3) is 0.611. The first-order valence-corrected chi connectivity index (χ1v) is 8.06. The number of aryl methyl sites for hydroxylation is 1. The molecule has 0 aromatic heterocycles. The van der Waals surface area contributed by atoms with Crippen molar-refractivity contribution in [1.29, 1.82) is 0 Å². The second-order valence-electron chi connectivity index (χ2n) is 6.84. The van der Waals surface area contributed by atoms with Crippen LogP contribution in [0.15, 0.2) is 18.2 Å². The zero-order valence-corrected chi connectivity index (χ0v) is 13.4. The summed E-state index contributed by atoms with van der Waals surface area (Å²) in [7, 11) is 0. The van der Waals surface area contributed by atoms with Gasteiger partial charge in [0.15, 0.2) is 0 Å². The molecule has 1 saturated carbocycles. The van der Waals surface area contributed by atoms with Crippen molar-refractivity contribution in [2.24, 2.45) is 11.8 Å². The van der Waals surface area contributed by atoms with E-state index in [-0.39, 0.29) is 0 Å². The maximum absolute atomic E-state index is 11.0. The highest BCUT2D eigenvalue weighted by atomic mass is 16.4. The molecule has 1 aliphatic carbocycles. The molecule has 0 spiro atoms. The van der Waals surface area contributed by atoms with Gasteiger partial charge in [-0.2, -0.15) is 0 Å². The molecule has 1 aromatic carbocycles. The standard InChI is InChI=1S/C18H27NO2/c1-12(2)9-14-5-4-6-16(11-14)19-17-8-7-15(18(20)21)10-13(17)3/h7-8,10,12,14,16,19H,4-6,9,11H2,1-3H3,(H,20,21). The van der Waals surface area contributed by atoms with Crippen LogP contribution in [0.4, 0.5) is 5.69 Å². The monoisotopic (exact) mass is 289 g/mol. The van der Waals surface area contributed by atoms with Gasteiger partial charge in [-0.15, -0.1) is 0 Å². The van der Waals surface area contributed by atoms with Crippen LogP contribution >= 0.6 is 0 Å². The van der Waals surface area contributed by atoms with Crippen LogP contribution in [-0.4, -0.2) is 17.1 Å². The first-order valence-electron chi connectivity index (χ1n) is 8.06. The molecule has 1 aliphatic rings. The Bertz CT molecular complexity index is 496. The Morgan fingerprint density at radius 3 is 2.76 bits per heavy atom. The van der Waals surface area contributed by atoms with Crippen LogP contribution in [0.5, 0.6) is 0 Å². The van der Waals surface area contributed by atoms with Crippen molar-refractivity contribution in [2.45, 2.75) is 58.9 Å². The van der Waals surface area contributed by atoms with Gasteiger partial charge in [0.1, 0.15) is 0 Å². The SMILES string of the molecule is Cc1cc(C(=O)O)ccc1NC1CCCC(CC(C)C)C1. The topological polar surface area (TPSA) is 49.3 Å². The molecule has 3 nitrogen and oxygen atoms in total. The van der Waals surface area contributed by atoms with Crippen LogP contribution in [0.3, 0.4) is 0 Å². The summed E-state index contributed by atoms with van der Waals surface area (Å²) in [6, 6.07) is 5.87. The largest absolute Gasteiger partial charge is 0.478 e. The third kappa shape index (κ3) is 4.48. The lowest BCUT2D eigenvalue weighted by Crippen LogP contribution is -2.28. The molecule has 116 valence electrons. The molecular weight excluding hydrogens is 262 g/mol. The van der Waals surface area contributed by atoms with Gasteiger partial charge in [0.25, 0.3) is 0 Å². The van der Waals surface area contributed by atoms with E-state index in [1.54, 1.807) is 12.1 Å². The second kappa shape index (κ2) is 6.97. The lowest BCUT2D eigenvalue weighted by molar-refractivity contribution is 0.0697. The first kappa shape index (κ1) is 15.9. The lowest BCUT2D eigenvalue weighted by atomic mass is 9.81. The van der Waals surface area contributed by atoms with Crippen molar-refractivity contribution in [2.75, 3.05) is 5.32 Å². The highest BCUT2D eigenvalue weighted by Gasteiger charge is 2.22. The third-order valence-corrected chi connectivity index (χ3v) is 4.42. The van der Waals surface area contributed by atoms with Crippen LogP contribution in [0.2, 0.25) is 0 Å². The van der Waals surface area contributed by atoms with Crippen LogP contribution in [0, 0.1) is 18.8 Å². The van der Waals surface area contributed by atoms with Crippen molar-refractivity contribution in [3.63, 3.8) is 0 Å². The Morgan fingerprint density at radius 2 is 2.14 bits per heavy atom. The number of carboxylic acid groups (broad SMARTS) is 1. The number of hydrogen-bond acceptors (Lipinski definition) is 2. The maximum atomic E-state index is 11.0. The summed E-state index contributed by atoms with van der Waals surface area (Å²) in [5, 5.41) is 12.6. The molecule has 3 heteroatoms. The van der Waals surface area contributed by atoms with E-state index >= 15 is 0 Å². The molecule has 0 saturated heterocycles. The molecule has 2 unspecified atom stereocenters. The Hall–Kier alpha value is -1.51. The van der Waals surface area contributed by atoms with E-state index in [9.17, 15) is 4.79 Å². The summed E-state index contributed by atoms with van der Waals surface area (Å²) < 4.78 is 0. The molecule has 0 heterocycles. The van der Waals surface area contributed by atoms with Crippen molar-refractivity contribution < 1.29 is 9.90 Å². The molecule has 0 bridgehead atoms. The smallest absolute Gasteiger partial charge is 0.335 e. The number of hydrogen-bond donors (Lipinski definition) is 2. The number of carbonyl (C=O) groups is 1. The molecule has 1 aromatic rings. The predicted octanol–water partition coefficient (Wildman–Crippen LogP) is 4.71. The Morgan fingerprint density at radius 1 is 1.38 bits per heavy atom. The number of nitrogens with one attached hydrogen (secondary N) is 1. The van der Waals surface area contributed by atoms with Gasteiger partial charge in [-0.3, -0.25) is 0 Å². The molecule has 2 N–H and O–H groups in total. The molecule has 0 aliphatic heterocycles. The van der Waals surface area contributed by atoms with Gasteiger partial charge in [-0.05, 0) is 61.8 Å². The number of anilines is 1. The summed E-state index contributed by atoms with van der Waals surface area (Å²) in [5.41, 5.74) is 2.45.